The summed E-state index contributed by atoms with van der Waals surface area (Å²) in [5.41, 5.74) is 0.966. The third-order valence-corrected chi connectivity index (χ3v) is 8.15. The Morgan fingerprint density at radius 2 is 1.59 bits per heavy atom. The number of carbonyl (C=O) groups excluding carboxylic acids is 2. The van der Waals surface area contributed by atoms with Crippen LogP contribution < -0.4 is 0 Å². The van der Waals surface area contributed by atoms with Gasteiger partial charge in [0, 0.05) is 37.0 Å². The Morgan fingerprint density at radius 1 is 0.897 bits per heavy atom. The second kappa shape index (κ2) is 7.60. The first-order valence-electron chi connectivity index (χ1n) is 10.9. The van der Waals surface area contributed by atoms with Gasteiger partial charge in [-0.15, -0.1) is 11.3 Å². The van der Waals surface area contributed by atoms with Gasteiger partial charge >= 0.3 is 0 Å². The van der Waals surface area contributed by atoms with Gasteiger partial charge in [0.2, 0.25) is 11.8 Å². The summed E-state index contributed by atoms with van der Waals surface area (Å²) in [6.45, 7) is 2.67. The van der Waals surface area contributed by atoms with Gasteiger partial charge in [-0.1, -0.05) is 49.2 Å². The zero-order valence-corrected chi connectivity index (χ0v) is 17.6. The van der Waals surface area contributed by atoms with E-state index in [9.17, 15) is 9.59 Å². The van der Waals surface area contributed by atoms with Crippen LogP contribution in [0.5, 0.6) is 0 Å². The van der Waals surface area contributed by atoms with Crippen LogP contribution in [0.1, 0.15) is 48.5 Å². The van der Waals surface area contributed by atoms with E-state index in [1.165, 1.54) is 10.4 Å². The standard InChI is InChI=1S/C24H28N2O2S/c27-22(20-17-19(20)18-7-2-1-3-8-18)25-12-14-26(15-13-25)23(28)24(10-4-5-11-24)21-9-6-16-29-21/h1-3,6-9,16,19-20H,4-5,10-15,17H2/t19-,20+/m0/s1. The average molecular weight is 409 g/mol. The zero-order valence-electron chi connectivity index (χ0n) is 16.8. The molecule has 2 amide bonds. The number of rotatable bonds is 4. The number of benzene rings is 1. The summed E-state index contributed by atoms with van der Waals surface area (Å²) in [5, 5.41) is 2.08. The minimum absolute atomic E-state index is 0.131. The fourth-order valence-corrected chi connectivity index (χ4v) is 6.28. The molecule has 2 aliphatic carbocycles. The van der Waals surface area contributed by atoms with Crippen molar-refractivity contribution in [3.63, 3.8) is 0 Å². The molecule has 3 fully saturated rings. The molecule has 2 atom stereocenters. The Morgan fingerprint density at radius 3 is 2.24 bits per heavy atom. The van der Waals surface area contributed by atoms with Gasteiger partial charge < -0.3 is 9.80 Å². The summed E-state index contributed by atoms with van der Waals surface area (Å²) >= 11 is 1.72. The fourth-order valence-electron chi connectivity index (χ4n) is 5.30. The van der Waals surface area contributed by atoms with E-state index in [0.717, 1.165) is 32.1 Å². The number of carbonyl (C=O) groups is 2. The van der Waals surface area contributed by atoms with Crippen LogP contribution in [0.25, 0.3) is 0 Å². The Hall–Kier alpha value is -2.14. The number of thiophene rings is 1. The van der Waals surface area contributed by atoms with Gasteiger partial charge in [0.25, 0.3) is 0 Å². The molecule has 5 rings (SSSR count). The third kappa shape index (κ3) is 3.39. The third-order valence-electron chi connectivity index (χ3n) is 7.07. The normalized spacial score (nSPS) is 25.8. The maximum Gasteiger partial charge on any atom is 0.234 e. The molecule has 1 aromatic heterocycles. The second-order valence-corrected chi connectivity index (χ2v) is 9.69. The van der Waals surface area contributed by atoms with Crippen molar-refractivity contribution in [3.8, 4) is 0 Å². The van der Waals surface area contributed by atoms with Crippen LogP contribution in [0, 0.1) is 5.92 Å². The summed E-state index contributed by atoms with van der Waals surface area (Å²) in [7, 11) is 0. The molecule has 29 heavy (non-hydrogen) atoms. The smallest absolute Gasteiger partial charge is 0.234 e. The molecule has 3 aliphatic rings. The quantitative estimate of drug-likeness (QED) is 0.766. The fraction of sp³-hybridized carbons (Fsp3) is 0.500. The molecular weight excluding hydrogens is 380 g/mol. The lowest BCUT2D eigenvalue weighted by molar-refractivity contribution is -0.143. The van der Waals surface area contributed by atoms with Crippen LogP contribution in [-0.2, 0) is 15.0 Å². The van der Waals surface area contributed by atoms with Crippen molar-refractivity contribution >= 4 is 23.2 Å². The Kier molecular flexibility index (Phi) is 4.94. The number of amides is 2. The van der Waals surface area contributed by atoms with Crippen molar-refractivity contribution in [2.24, 2.45) is 5.92 Å². The summed E-state index contributed by atoms with van der Waals surface area (Å²) in [6.07, 6.45) is 5.15. The highest BCUT2D eigenvalue weighted by Gasteiger charge is 2.48. The molecule has 1 saturated heterocycles. The Labute approximate surface area is 176 Å². The molecule has 2 heterocycles. The van der Waals surface area contributed by atoms with Crippen molar-refractivity contribution in [1.29, 1.82) is 0 Å². The van der Waals surface area contributed by atoms with E-state index >= 15 is 0 Å². The van der Waals surface area contributed by atoms with Crippen molar-refractivity contribution in [3.05, 3.63) is 58.3 Å². The van der Waals surface area contributed by atoms with E-state index in [1.807, 2.05) is 28.0 Å². The van der Waals surface area contributed by atoms with Crippen LogP contribution in [0.3, 0.4) is 0 Å². The molecular formula is C24H28N2O2S. The summed E-state index contributed by atoms with van der Waals surface area (Å²) in [5.74, 6) is 1.08. The largest absolute Gasteiger partial charge is 0.339 e. The van der Waals surface area contributed by atoms with Gasteiger partial charge in [-0.05, 0) is 42.2 Å². The highest BCUT2D eigenvalue weighted by atomic mass is 32.1. The summed E-state index contributed by atoms with van der Waals surface area (Å²) in [6, 6.07) is 14.6. The maximum atomic E-state index is 13.5. The molecule has 5 heteroatoms. The van der Waals surface area contributed by atoms with E-state index in [2.05, 4.69) is 29.6 Å². The molecule has 4 nitrogen and oxygen atoms in total. The van der Waals surface area contributed by atoms with Crippen LogP contribution in [0.4, 0.5) is 0 Å². The number of hydrogen-bond acceptors (Lipinski definition) is 3. The SMILES string of the molecule is O=C([C@@H]1C[C@H]1c1ccccc1)N1CCN(C(=O)C2(c3cccs3)CCCC2)CC1. The first-order valence-corrected chi connectivity index (χ1v) is 11.7. The maximum absolute atomic E-state index is 13.5. The second-order valence-electron chi connectivity index (χ2n) is 8.74. The van der Waals surface area contributed by atoms with Gasteiger partial charge in [-0.3, -0.25) is 9.59 Å². The number of piperazine rings is 1. The molecule has 152 valence electrons. The predicted octanol–water partition coefficient (Wildman–Crippen LogP) is 4.03. The van der Waals surface area contributed by atoms with E-state index in [-0.39, 0.29) is 23.1 Å². The highest BCUT2D eigenvalue weighted by molar-refractivity contribution is 7.10. The molecule has 0 radical (unpaired) electrons. The van der Waals surface area contributed by atoms with Gasteiger partial charge in [0.05, 0.1) is 5.41 Å². The minimum Gasteiger partial charge on any atom is -0.339 e. The van der Waals surface area contributed by atoms with Crippen molar-refractivity contribution in [2.45, 2.75) is 43.4 Å². The lowest BCUT2D eigenvalue weighted by atomic mass is 9.82. The minimum atomic E-state index is -0.310. The van der Waals surface area contributed by atoms with E-state index in [1.54, 1.807) is 11.3 Å². The van der Waals surface area contributed by atoms with Gasteiger partial charge in [-0.25, -0.2) is 0 Å². The molecule has 2 aromatic rings. The lowest BCUT2D eigenvalue weighted by Gasteiger charge is -2.39. The predicted molar refractivity (Wildman–Crippen MR) is 115 cm³/mol. The van der Waals surface area contributed by atoms with Crippen LogP contribution in [-0.4, -0.2) is 47.8 Å². The summed E-state index contributed by atoms with van der Waals surface area (Å²) < 4.78 is 0. The van der Waals surface area contributed by atoms with E-state index in [4.69, 9.17) is 0 Å². The zero-order chi connectivity index (χ0) is 19.8. The van der Waals surface area contributed by atoms with Crippen molar-refractivity contribution in [2.75, 3.05) is 26.2 Å². The van der Waals surface area contributed by atoms with Gasteiger partial charge in [0.15, 0.2) is 0 Å². The number of nitrogens with zero attached hydrogens (tertiary/aromatic N) is 2. The Bertz CT molecular complexity index is 866. The van der Waals surface area contributed by atoms with Crippen LogP contribution >= 0.6 is 11.3 Å². The van der Waals surface area contributed by atoms with E-state index < -0.39 is 0 Å². The summed E-state index contributed by atoms with van der Waals surface area (Å²) in [4.78, 5) is 31.7. The topological polar surface area (TPSA) is 40.6 Å². The van der Waals surface area contributed by atoms with Crippen molar-refractivity contribution < 1.29 is 9.59 Å². The molecule has 1 aliphatic heterocycles. The molecule has 2 saturated carbocycles. The highest BCUT2D eigenvalue weighted by Crippen LogP contribution is 2.48. The van der Waals surface area contributed by atoms with Crippen LogP contribution in [0.15, 0.2) is 47.8 Å². The molecule has 0 N–H and O–H groups in total. The first-order chi connectivity index (χ1) is 14.2. The van der Waals surface area contributed by atoms with Crippen LogP contribution in [0.2, 0.25) is 0 Å². The van der Waals surface area contributed by atoms with E-state index in [0.29, 0.717) is 32.1 Å². The monoisotopic (exact) mass is 408 g/mol. The molecule has 0 spiro atoms. The lowest BCUT2D eigenvalue weighted by Crippen LogP contribution is -2.55. The van der Waals surface area contributed by atoms with Crippen molar-refractivity contribution in [1.82, 2.24) is 9.80 Å². The van der Waals surface area contributed by atoms with Gasteiger partial charge in [-0.2, -0.15) is 0 Å². The number of hydrogen-bond donors (Lipinski definition) is 0. The first kappa shape index (κ1) is 18.9. The van der Waals surface area contributed by atoms with Gasteiger partial charge in [0.1, 0.15) is 0 Å². The average Bonchev–Trinajstić information content (AvgIpc) is 3.15. The molecule has 0 bridgehead atoms. The molecule has 0 unspecified atom stereocenters. The Balaban J connectivity index is 1.21. The molecule has 1 aromatic carbocycles.